The number of benzene rings is 1. The summed E-state index contributed by atoms with van der Waals surface area (Å²) in [4.78, 5) is 22.3. The molecule has 1 amide bonds. The Kier molecular flexibility index (Phi) is 5.54. The smallest absolute Gasteiger partial charge is 0.416 e. The van der Waals surface area contributed by atoms with Crippen molar-refractivity contribution in [2.45, 2.75) is 19.0 Å². The van der Waals surface area contributed by atoms with E-state index in [0.29, 0.717) is 5.56 Å². The summed E-state index contributed by atoms with van der Waals surface area (Å²) in [5.74, 6) is -0.263. The van der Waals surface area contributed by atoms with E-state index in [4.69, 9.17) is 0 Å². The van der Waals surface area contributed by atoms with Crippen LogP contribution in [0.2, 0.25) is 0 Å². The van der Waals surface area contributed by atoms with Gasteiger partial charge in [-0.1, -0.05) is 18.2 Å². The number of hydrogen-bond acceptors (Lipinski definition) is 3. The Balaban J connectivity index is 2.52. The maximum absolute atomic E-state index is 12.5. The summed E-state index contributed by atoms with van der Waals surface area (Å²) in [5, 5.41) is 2.32. The van der Waals surface area contributed by atoms with Crippen molar-refractivity contribution in [2.24, 2.45) is 0 Å². The average molecular weight is 289 g/mol. The van der Waals surface area contributed by atoms with Crippen molar-refractivity contribution >= 4 is 11.9 Å². The van der Waals surface area contributed by atoms with Crippen molar-refractivity contribution in [1.82, 2.24) is 5.32 Å². The Morgan fingerprint density at radius 1 is 1.30 bits per heavy atom. The summed E-state index contributed by atoms with van der Waals surface area (Å²) in [6.07, 6.45) is -5.15. The van der Waals surface area contributed by atoms with Gasteiger partial charge in [-0.3, -0.25) is 4.79 Å². The molecule has 1 N–H and O–H groups in total. The Morgan fingerprint density at radius 2 is 2.00 bits per heavy atom. The van der Waals surface area contributed by atoms with E-state index in [-0.39, 0.29) is 25.2 Å². The van der Waals surface area contributed by atoms with Gasteiger partial charge in [0.2, 0.25) is 0 Å². The maximum atomic E-state index is 12.5. The lowest BCUT2D eigenvalue weighted by Crippen LogP contribution is -2.26. The fourth-order valence-electron chi connectivity index (χ4n) is 1.55. The lowest BCUT2D eigenvalue weighted by atomic mass is 10.0. The zero-order chi connectivity index (χ0) is 15.2. The van der Waals surface area contributed by atoms with Gasteiger partial charge in [0.25, 0.3) is 0 Å². The zero-order valence-corrected chi connectivity index (χ0v) is 10.8. The number of halogens is 3. The van der Waals surface area contributed by atoms with Crippen LogP contribution in [0.3, 0.4) is 0 Å². The molecule has 0 spiro atoms. The minimum Gasteiger partial charge on any atom is -0.453 e. The molecule has 1 rings (SSSR count). The molecule has 0 heterocycles. The van der Waals surface area contributed by atoms with Gasteiger partial charge in [-0.15, -0.1) is 0 Å². The van der Waals surface area contributed by atoms with Crippen LogP contribution in [0, 0.1) is 0 Å². The van der Waals surface area contributed by atoms with E-state index in [1.807, 2.05) is 0 Å². The highest BCUT2D eigenvalue weighted by molar-refractivity contribution is 5.81. The molecule has 0 aromatic heterocycles. The van der Waals surface area contributed by atoms with Gasteiger partial charge in [-0.05, 0) is 11.6 Å². The van der Waals surface area contributed by atoms with Crippen LogP contribution >= 0.6 is 0 Å². The molecule has 0 unspecified atom stereocenters. The Morgan fingerprint density at radius 3 is 2.60 bits per heavy atom. The fraction of sp³-hybridized carbons (Fsp3) is 0.385. The Bertz CT molecular complexity index is 486. The van der Waals surface area contributed by atoms with Crippen molar-refractivity contribution in [3.63, 3.8) is 0 Å². The third kappa shape index (κ3) is 5.29. The highest BCUT2D eigenvalue weighted by atomic mass is 19.4. The van der Waals surface area contributed by atoms with Gasteiger partial charge >= 0.3 is 12.3 Å². The number of carbonyl (C=O) groups is 2. The molecule has 7 heteroatoms. The Labute approximate surface area is 113 Å². The van der Waals surface area contributed by atoms with E-state index >= 15 is 0 Å². The van der Waals surface area contributed by atoms with Crippen LogP contribution in [0.25, 0.3) is 0 Å². The first kappa shape index (κ1) is 16.0. The van der Waals surface area contributed by atoms with E-state index in [1.165, 1.54) is 19.2 Å². The number of nitrogens with one attached hydrogen (secondary N) is 1. The molecule has 0 bridgehead atoms. The molecule has 0 radical (unpaired) electrons. The van der Waals surface area contributed by atoms with Gasteiger partial charge in [0.05, 0.1) is 12.7 Å². The number of alkyl carbamates (subject to hydrolysis) is 1. The van der Waals surface area contributed by atoms with Gasteiger partial charge < -0.3 is 10.1 Å². The summed E-state index contributed by atoms with van der Waals surface area (Å²) in [7, 11) is 1.19. The first-order chi connectivity index (χ1) is 9.32. The molecule has 1 aromatic rings. The van der Waals surface area contributed by atoms with Crippen LogP contribution in [0.1, 0.15) is 17.5 Å². The highest BCUT2D eigenvalue weighted by Crippen LogP contribution is 2.29. The van der Waals surface area contributed by atoms with Crippen LogP contribution in [0.5, 0.6) is 0 Å². The van der Waals surface area contributed by atoms with Crippen molar-refractivity contribution in [2.75, 3.05) is 13.7 Å². The number of Topliss-reactive ketones (excluding diaryl/α,β-unsaturated/α-hetero) is 1. The van der Waals surface area contributed by atoms with Crippen LogP contribution in [0.4, 0.5) is 18.0 Å². The van der Waals surface area contributed by atoms with Crippen LogP contribution in [-0.4, -0.2) is 25.5 Å². The van der Waals surface area contributed by atoms with Gasteiger partial charge in [0, 0.05) is 19.4 Å². The Hall–Kier alpha value is -2.05. The quantitative estimate of drug-likeness (QED) is 0.906. The third-order valence-corrected chi connectivity index (χ3v) is 2.51. The molecule has 1 aromatic carbocycles. The van der Waals surface area contributed by atoms with Crippen LogP contribution < -0.4 is 5.32 Å². The van der Waals surface area contributed by atoms with E-state index in [1.54, 1.807) is 0 Å². The molecule has 0 saturated heterocycles. The van der Waals surface area contributed by atoms with Gasteiger partial charge in [-0.2, -0.15) is 13.2 Å². The summed E-state index contributed by atoms with van der Waals surface area (Å²) in [5.41, 5.74) is -0.488. The molecule has 0 aliphatic heterocycles. The largest absolute Gasteiger partial charge is 0.453 e. The molecule has 0 aliphatic rings. The molecule has 110 valence electrons. The SMILES string of the molecule is COC(=O)NCCC(=O)Cc1cccc(C(F)(F)F)c1. The number of ether oxygens (including phenoxy) is 1. The fourth-order valence-corrected chi connectivity index (χ4v) is 1.55. The molecular formula is C13H14F3NO3. The second kappa shape index (κ2) is 6.93. The minimum atomic E-state index is -4.43. The summed E-state index contributed by atoms with van der Waals surface area (Å²) in [6, 6.07) is 4.62. The number of rotatable bonds is 5. The van der Waals surface area contributed by atoms with E-state index in [2.05, 4.69) is 10.1 Å². The predicted molar refractivity (Wildman–Crippen MR) is 65.2 cm³/mol. The number of alkyl halides is 3. The maximum Gasteiger partial charge on any atom is 0.416 e. The standard InChI is InChI=1S/C13H14F3NO3/c1-20-12(19)17-6-5-11(18)8-9-3-2-4-10(7-9)13(14,15)16/h2-4,7H,5-6,8H2,1H3,(H,17,19). The van der Waals surface area contributed by atoms with Crippen molar-refractivity contribution in [3.05, 3.63) is 35.4 Å². The highest BCUT2D eigenvalue weighted by Gasteiger charge is 2.30. The molecule has 0 saturated carbocycles. The average Bonchev–Trinajstić information content (AvgIpc) is 2.37. The van der Waals surface area contributed by atoms with Gasteiger partial charge in [0.15, 0.2) is 0 Å². The normalized spacial score (nSPS) is 11.0. The molecule has 4 nitrogen and oxygen atoms in total. The van der Waals surface area contributed by atoms with E-state index < -0.39 is 17.8 Å². The zero-order valence-electron chi connectivity index (χ0n) is 10.8. The van der Waals surface area contributed by atoms with Crippen molar-refractivity contribution in [3.8, 4) is 0 Å². The second-order valence-electron chi connectivity index (χ2n) is 4.08. The van der Waals surface area contributed by atoms with E-state index in [0.717, 1.165) is 12.1 Å². The molecular weight excluding hydrogens is 275 g/mol. The molecule has 0 aliphatic carbocycles. The van der Waals surface area contributed by atoms with Crippen molar-refractivity contribution in [1.29, 1.82) is 0 Å². The second-order valence-corrected chi connectivity index (χ2v) is 4.08. The number of amides is 1. The molecule has 0 atom stereocenters. The third-order valence-electron chi connectivity index (χ3n) is 2.51. The van der Waals surface area contributed by atoms with Gasteiger partial charge in [-0.25, -0.2) is 4.79 Å². The van der Waals surface area contributed by atoms with Crippen LogP contribution in [0.15, 0.2) is 24.3 Å². The summed E-state index contributed by atoms with van der Waals surface area (Å²) >= 11 is 0. The molecule has 20 heavy (non-hydrogen) atoms. The molecule has 0 fully saturated rings. The summed E-state index contributed by atoms with van der Waals surface area (Å²) in [6.45, 7) is 0.0878. The predicted octanol–water partition coefficient (Wildman–Crippen LogP) is 2.56. The van der Waals surface area contributed by atoms with E-state index in [9.17, 15) is 22.8 Å². The summed E-state index contributed by atoms with van der Waals surface area (Å²) < 4.78 is 41.8. The van der Waals surface area contributed by atoms with Gasteiger partial charge in [0.1, 0.15) is 5.78 Å². The lowest BCUT2D eigenvalue weighted by Gasteiger charge is -2.08. The van der Waals surface area contributed by atoms with Crippen molar-refractivity contribution < 1.29 is 27.5 Å². The first-order valence-corrected chi connectivity index (χ1v) is 5.82. The lowest BCUT2D eigenvalue weighted by molar-refractivity contribution is -0.137. The number of carbonyl (C=O) groups excluding carboxylic acids is 2. The number of ketones is 1. The number of methoxy groups -OCH3 is 1. The van der Waals surface area contributed by atoms with Crippen LogP contribution in [-0.2, 0) is 22.1 Å². The monoisotopic (exact) mass is 289 g/mol. The topological polar surface area (TPSA) is 55.4 Å². The minimum absolute atomic E-state index is 0.0331. The number of hydrogen-bond donors (Lipinski definition) is 1. The first-order valence-electron chi connectivity index (χ1n) is 5.82.